The van der Waals surface area contributed by atoms with Crippen molar-refractivity contribution in [3.8, 4) is 0 Å². The van der Waals surface area contributed by atoms with Crippen LogP contribution < -0.4 is 0 Å². The van der Waals surface area contributed by atoms with Gasteiger partial charge in [0.1, 0.15) is 4.90 Å². The second-order valence-corrected chi connectivity index (χ2v) is 7.22. The summed E-state index contributed by atoms with van der Waals surface area (Å²) >= 11 is 3.22. The van der Waals surface area contributed by atoms with Gasteiger partial charge < -0.3 is 5.11 Å². The highest BCUT2D eigenvalue weighted by molar-refractivity contribution is 9.10. The van der Waals surface area contributed by atoms with E-state index in [1.54, 1.807) is 12.3 Å². The summed E-state index contributed by atoms with van der Waals surface area (Å²) in [6, 6.07) is 1.56. The molecule has 1 aromatic heterocycles. The number of pyridine rings is 1. The van der Waals surface area contributed by atoms with Gasteiger partial charge in [0.05, 0.1) is 0 Å². The number of hydrogen-bond acceptors (Lipinski definition) is 4. The third-order valence-electron chi connectivity index (χ3n) is 3.15. The largest absolute Gasteiger partial charge is 0.396 e. The van der Waals surface area contributed by atoms with E-state index in [9.17, 15) is 8.42 Å². The van der Waals surface area contributed by atoms with Crippen LogP contribution in [-0.4, -0.2) is 42.5 Å². The fourth-order valence-corrected chi connectivity index (χ4v) is 3.99. The molecule has 1 saturated heterocycles. The molecule has 18 heavy (non-hydrogen) atoms. The average molecular weight is 335 g/mol. The van der Waals surface area contributed by atoms with E-state index in [0.29, 0.717) is 30.4 Å². The first-order valence-corrected chi connectivity index (χ1v) is 7.99. The molecule has 0 unspecified atom stereocenters. The van der Waals surface area contributed by atoms with Crippen LogP contribution in [0.4, 0.5) is 0 Å². The highest BCUT2D eigenvalue weighted by Gasteiger charge is 2.29. The summed E-state index contributed by atoms with van der Waals surface area (Å²) in [6.07, 6.45) is 4.32. The zero-order chi connectivity index (χ0) is 13.2. The number of hydrogen-bond donors (Lipinski definition) is 1. The molecule has 1 aliphatic heterocycles. The van der Waals surface area contributed by atoms with E-state index >= 15 is 0 Å². The van der Waals surface area contributed by atoms with E-state index in [0.717, 1.165) is 0 Å². The molecule has 1 aromatic rings. The molecule has 7 heteroatoms. The molecule has 0 saturated carbocycles. The van der Waals surface area contributed by atoms with Crippen molar-refractivity contribution in [2.75, 3.05) is 19.7 Å². The zero-order valence-corrected chi connectivity index (χ0v) is 12.2. The number of rotatable bonds is 3. The maximum atomic E-state index is 12.3. The lowest BCUT2D eigenvalue weighted by molar-refractivity contribution is 0.170. The smallest absolute Gasteiger partial charge is 0.244 e. The second kappa shape index (κ2) is 5.64. The highest BCUT2D eigenvalue weighted by Crippen LogP contribution is 2.24. The molecule has 0 aliphatic carbocycles. The molecule has 0 atom stereocenters. The molecule has 5 nitrogen and oxygen atoms in total. The van der Waals surface area contributed by atoms with Crippen molar-refractivity contribution in [2.24, 2.45) is 5.92 Å². The summed E-state index contributed by atoms with van der Waals surface area (Å²) in [4.78, 5) is 4.09. The van der Waals surface area contributed by atoms with E-state index in [4.69, 9.17) is 5.11 Å². The van der Waals surface area contributed by atoms with E-state index in [-0.39, 0.29) is 17.4 Å². The van der Waals surface area contributed by atoms with E-state index < -0.39 is 10.0 Å². The molecule has 1 fully saturated rings. The maximum absolute atomic E-state index is 12.3. The SMILES string of the molecule is O=S(=O)(c1cncc(Br)c1)N1CCC(CO)CC1. The molecule has 1 aliphatic rings. The van der Waals surface area contributed by atoms with E-state index in [2.05, 4.69) is 20.9 Å². The van der Waals surface area contributed by atoms with Crippen LogP contribution in [0.25, 0.3) is 0 Å². The second-order valence-electron chi connectivity index (χ2n) is 4.37. The number of nitrogens with zero attached hydrogens (tertiary/aromatic N) is 2. The minimum absolute atomic E-state index is 0.131. The molecule has 0 amide bonds. The van der Waals surface area contributed by atoms with Gasteiger partial charge in [0.15, 0.2) is 0 Å². The van der Waals surface area contributed by atoms with Gasteiger partial charge in [-0.25, -0.2) is 8.42 Å². The molecule has 0 spiro atoms. The fourth-order valence-electron chi connectivity index (χ4n) is 2.01. The predicted molar refractivity (Wildman–Crippen MR) is 70.5 cm³/mol. The Bertz CT molecular complexity index is 513. The quantitative estimate of drug-likeness (QED) is 0.902. The van der Waals surface area contributed by atoms with Gasteiger partial charge in [-0.15, -0.1) is 0 Å². The van der Waals surface area contributed by atoms with Crippen LogP contribution in [0.5, 0.6) is 0 Å². The highest BCUT2D eigenvalue weighted by atomic mass is 79.9. The molecular formula is C11H15BrN2O3S. The Morgan fingerprint density at radius 3 is 2.61 bits per heavy atom. The summed E-state index contributed by atoms with van der Waals surface area (Å²) in [7, 11) is -3.46. The van der Waals surface area contributed by atoms with Crippen molar-refractivity contribution in [3.63, 3.8) is 0 Å². The Balaban J connectivity index is 2.17. The predicted octanol–water partition coefficient (Wildman–Crippen LogP) is 1.24. The Morgan fingerprint density at radius 1 is 1.39 bits per heavy atom. The normalized spacial score (nSPS) is 19.0. The number of aliphatic hydroxyl groups is 1. The summed E-state index contributed by atoms with van der Waals surface area (Å²) in [5, 5.41) is 9.05. The van der Waals surface area contributed by atoms with Gasteiger partial charge in [0.2, 0.25) is 10.0 Å². The van der Waals surface area contributed by atoms with Crippen molar-refractivity contribution in [2.45, 2.75) is 17.7 Å². The van der Waals surface area contributed by atoms with E-state index in [1.165, 1.54) is 10.5 Å². The van der Waals surface area contributed by atoms with Gasteiger partial charge in [-0.2, -0.15) is 4.31 Å². The molecule has 1 N–H and O–H groups in total. The molecule has 2 heterocycles. The first kappa shape index (κ1) is 13.9. The summed E-state index contributed by atoms with van der Waals surface area (Å²) in [6.45, 7) is 1.05. The topological polar surface area (TPSA) is 70.5 Å². The zero-order valence-electron chi connectivity index (χ0n) is 9.79. The van der Waals surface area contributed by atoms with Crippen LogP contribution in [0.2, 0.25) is 0 Å². The lowest BCUT2D eigenvalue weighted by atomic mass is 10.00. The fraction of sp³-hybridized carbons (Fsp3) is 0.545. The minimum Gasteiger partial charge on any atom is -0.396 e. The molecule has 0 radical (unpaired) electrons. The number of aromatic nitrogens is 1. The Labute approximate surface area is 115 Å². The Morgan fingerprint density at radius 2 is 2.06 bits per heavy atom. The van der Waals surface area contributed by atoms with E-state index in [1.807, 2.05) is 0 Å². The van der Waals surface area contributed by atoms with Gasteiger partial charge in [0.25, 0.3) is 0 Å². The third kappa shape index (κ3) is 2.90. The first-order valence-electron chi connectivity index (χ1n) is 5.75. The minimum atomic E-state index is -3.46. The standard InChI is InChI=1S/C11H15BrN2O3S/c12-10-5-11(7-13-6-10)18(16,17)14-3-1-9(8-15)2-4-14/h5-7,9,15H,1-4,8H2. The maximum Gasteiger partial charge on any atom is 0.244 e. The van der Waals surface area contributed by atoms with Crippen LogP contribution in [0.15, 0.2) is 27.8 Å². The first-order chi connectivity index (χ1) is 8.54. The number of sulfonamides is 1. The number of aliphatic hydroxyl groups excluding tert-OH is 1. The molecule has 0 aromatic carbocycles. The van der Waals surface area contributed by atoms with Crippen molar-refractivity contribution < 1.29 is 13.5 Å². The van der Waals surface area contributed by atoms with Gasteiger partial charge in [-0.3, -0.25) is 4.98 Å². The van der Waals surface area contributed by atoms with Crippen LogP contribution in [0.1, 0.15) is 12.8 Å². The lowest BCUT2D eigenvalue weighted by Gasteiger charge is -2.30. The monoisotopic (exact) mass is 334 g/mol. The molecule has 100 valence electrons. The van der Waals surface area contributed by atoms with Crippen LogP contribution in [0.3, 0.4) is 0 Å². The number of piperidine rings is 1. The van der Waals surface area contributed by atoms with Crippen LogP contribution in [-0.2, 0) is 10.0 Å². The molecule has 2 rings (SSSR count). The Hall–Kier alpha value is -0.500. The lowest BCUT2D eigenvalue weighted by Crippen LogP contribution is -2.39. The van der Waals surface area contributed by atoms with Gasteiger partial charge >= 0.3 is 0 Å². The summed E-state index contributed by atoms with van der Waals surface area (Å²) < 4.78 is 26.8. The van der Waals surface area contributed by atoms with Crippen LogP contribution in [0, 0.1) is 5.92 Å². The molecule has 0 bridgehead atoms. The summed E-state index contributed by atoms with van der Waals surface area (Å²) in [5.41, 5.74) is 0. The van der Waals surface area contributed by atoms with Crippen molar-refractivity contribution in [1.82, 2.24) is 9.29 Å². The van der Waals surface area contributed by atoms with Crippen molar-refractivity contribution in [1.29, 1.82) is 0 Å². The Kier molecular flexibility index (Phi) is 4.37. The van der Waals surface area contributed by atoms with Crippen molar-refractivity contribution >= 4 is 26.0 Å². The van der Waals surface area contributed by atoms with Gasteiger partial charge in [-0.1, -0.05) is 0 Å². The van der Waals surface area contributed by atoms with Gasteiger partial charge in [-0.05, 0) is 40.8 Å². The molecular weight excluding hydrogens is 320 g/mol. The van der Waals surface area contributed by atoms with Crippen molar-refractivity contribution in [3.05, 3.63) is 22.9 Å². The third-order valence-corrected chi connectivity index (χ3v) is 5.45. The summed E-state index contributed by atoms with van der Waals surface area (Å²) in [5.74, 6) is 0.220. The average Bonchev–Trinajstić information content (AvgIpc) is 2.39. The van der Waals surface area contributed by atoms with Gasteiger partial charge in [0, 0.05) is 36.6 Å². The number of halogens is 1. The van der Waals surface area contributed by atoms with Crippen LogP contribution >= 0.6 is 15.9 Å².